The molecule has 0 spiro atoms. The van der Waals surface area contributed by atoms with E-state index >= 15 is 0 Å². The number of hydrogen-bond donors (Lipinski definition) is 1. The van der Waals surface area contributed by atoms with Crippen molar-refractivity contribution in [2.45, 2.75) is 40.2 Å². The lowest BCUT2D eigenvalue weighted by Crippen LogP contribution is -2.21. The van der Waals surface area contributed by atoms with E-state index < -0.39 is 0 Å². The fourth-order valence-electron chi connectivity index (χ4n) is 3.70. The van der Waals surface area contributed by atoms with Crippen molar-refractivity contribution in [2.24, 2.45) is 0 Å². The Morgan fingerprint density at radius 3 is 2.43 bits per heavy atom. The van der Waals surface area contributed by atoms with Crippen molar-refractivity contribution in [2.75, 3.05) is 23.3 Å². The monoisotopic (exact) mass is 328 g/mol. The van der Waals surface area contributed by atoms with Gasteiger partial charge < -0.3 is 10.2 Å². The minimum Gasteiger partial charge on any atom is -0.380 e. The summed E-state index contributed by atoms with van der Waals surface area (Å²) in [4.78, 5) is 2.53. The van der Waals surface area contributed by atoms with Crippen molar-refractivity contribution in [3.05, 3.63) is 57.6 Å². The Kier molecular flexibility index (Phi) is 4.82. The molecule has 0 aromatic heterocycles. The molecule has 0 radical (unpaired) electrons. The Hall–Kier alpha value is -1.67. The van der Waals surface area contributed by atoms with Gasteiger partial charge >= 0.3 is 0 Å². The van der Waals surface area contributed by atoms with Crippen LogP contribution >= 0.6 is 11.6 Å². The first kappa shape index (κ1) is 16.2. The van der Waals surface area contributed by atoms with E-state index in [0.29, 0.717) is 0 Å². The van der Waals surface area contributed by atoms with Crippen LogP contribution in [0.25, 0.3) is 0 Å². The third kappa shape index (κ3) is 3.32. The van der Waals surface area contributed by atoms with E-state index in [1.165, 1.54) is 54.0 Å². The zero-order valence-corrected chi connectivity index (χ0v) is 15.0. The van der Waals surface area contributed by atoms with Crippen molar-refractivity contribution >= 4 is 23.0 Å². The fourth-order valence-corrected chi connectivity index (χ4v) is 3.90. The van der Waals surface area contributed by atoms with E-state index in [-0.39, 0.29) is 0 Å². The highest BCUT2D eigenvalue weighted by atomic mass is 35.5. The second-order valence-corrected chi connectivity index (χ2v) is 6.91. The van der Waals surface area contributed by atoms with Crippen LogP contribution in [0.1, 0.15) is 35.1 Å². The van der Waals surface area contributed by atoms with Gasteiger partial charge in [0.1, 0.15) is 0 Å². The van der Waals surface area contributed by atoms with Crippen LogP contribution in [-0.2, 0) is 6.54 Å². The molecule has 3 heteroatoms. The molecule has 0 atom stereocenters. The highest BCUT2D eigenvalue weighted by molar-refractivity contribution is 6.31. The smallest absolute Gasteiger partial charge is 0.0455 e. The first-order valence-electron chi connectivity index (χ1n) is 8.41. The summed E-state index contributed by atoms with van der Waals surface area (Å²) in [7, 11) is 0. The van der Waals surface area contributed by atoms with Crippen LogP contribution < -0.4 is 10.2 Å². The number of nitrogens with one attached hydrogen (secondary N) is 1. The van der Waals surface area contributed by atoms with Crippen molar-refractivity contribution < 1.29 is 0 Å². The summed E-state index contributed by atoms with van der Waals surface area (Å²) < 4.78 is 0. The molecule has 122 valence electrons. The van der Waals surface area contributed by atoms with Gasteiger partial charge in [0.2, 0.25) is 0 Å². The lowest BCUT2D eigenvalue weighted by molar-refractivity contribution is 0.949. The first-order valence-corrected chi connectivity index (χ1v) is 8.78. The normalized spacial score (nSPS) is 14.3. The molecule has 1 fully saturated rings. The highest BCUT2D eigenvalue weighted by Gasteiger charge is 2.19. The van der Waals surface area contributed by atoms with Gasteiger partial charge in [-0.15, -0.1) is 0 Å². The predicted molar refractivity (Wildman–Crippen MR) is 101 cm³/mol. The van der Waals surface area contributed by atoms with Gasteiger partial charge in [0.25, 0.3) is 0 Å². The molecule has 3 rings (SSSR count). The van der Waals surface area contributed by atoms with Crippen molar-refractivity contribution in [1.29, 1.82) is 0 Å². The van der Waals surface area contributed by atoms with Crippen LogP contribution in [0.4, 0.5) is 11.4 Å². The molecule has 1 N–H and O–H groups in total. The Balaban J connectivity index is 1.89. The number of benzene rings is 2. The minimum atomic E-state index is 0.754. The summed E-state index contributed by atoms with van der Waals surface area (Å²) in [5.74, 6) is 0. The summed E-state index contributed by atoms with van der Waals surface area (Å²) in [6.45, 7) is 9.75. The molecule has 0 bridgehead atoms. The molecule has 2 nitrogen and oxygen atoms in total. The number of nitrogens with zero attached hydrogens (tertiary/aromatic N) is 1. The Bertz CT molecular complexity index is 703. The Labute approximate surface area is 144 Å². The van der Waals surface area contributed by atoms with Crippen molar-refractivity contribution in [1.82, 2.24) is 0 Å². The quantitative estimate of drug-likeness (QED) is 0.799. The lowest BCUT2D eigenvalue weighted by atomic mass is 10.0. The van der Waals surface area contributed by atoms with E-state index in [2.05, 4.69) is 43.1 Å². The predicted octanol–water partition coefficient (Wildman–Crippen LogP) is 5.48. The largest absolute Gasteiger partial charge is 0.380 e. The third-order valence-corrected chi connectivity index (χ3v) is 5.14. The average Bonchev–Trinajstić information content (AvgIpc) is 3.02. The topological polar surface area (TPSA) is 15.3 Å². The molecule has 23 heavy (non-hydrogen) atoms. The van der Waals surface area contributed by atoms with Gasteiger partial charge in [-0.25, -0.2) is 0 Å². The molecule has 0 aliphatic carbocycles. The van der Waals surface area contributed by atoms with Crippen LogP contribution in [0, 0.1) is 20.8 Å². The second-order valence-electron chi connectivity index (χ2n) is 6.50. The molecule has 1 aliphatic rings. The van der Waals surface area contributed by atoms with Gasteiger partial charge in [0, 0.05) is 36.0 Å². The first-order chi connectivity index (χ1) is 11.1. The Morgan fingerprint density at radius 2 is 1.74 bits per heavy atom. The van der Waals surface area contributed by atoms with Gasteiger partial charge in [-0.05, 0) is 61.9 Å². The molecule has 2 aromatic rings. The molecule has 1 aliphatic heterocycles. The van der Waals surface area contributed by atoms with Gasteiger partial charge in [-0.3, -0.25) is 0 Å². The number of halogens is 1. The van der Waals surface area contributed by atoms with Crippen molar-refractivity contribution in [3.63, 3.8) is 0 Å². The van der Waals surface area contributed by atoms with E-state index in [0.717, 1.165) is 17.1 Å². The maximum absolute atomic E-state index is 6.28. The van der Waals surface area contributed by atoms with Gasteiger partial charge in [0.15, 0.2) is 0 Å². The van der Waals surface area contributed by atoms with Crippen molar-refractivity contribution in [3.8, 4) is 0 Å². The Morgan fingerprint density at radius 1 is 1.04 bits per heavy atom. The van der Waals surface area contributed by atoms with E-state index in [4.69, 9.17) is 11.6 Å². The van der Waals surface area contributed by atoms with Gasteiger partial charge in [-0.2, -0.15) is 0 Å². The summed E-state index contributed by atoms with van der Waals surface area (Å²) >= 11 is 6.28. The molecule has 0 unspecified atom stereocenters. The summed E-state index contributed by atoms with van der Waals surface area (Å²) in [5.41, 5.74) is 7.83. The minimum absolute atomic E-state index is 0.754. The summed E-state index contributed by atoms with van der Waals surface area (Å²) in [5, 5.41) is 4.44. The summed E-state index contributed by atoms with van der Waals surface area (Å²) in [6.07, 6.45) is 2.60. The number of aryl methyl sites for hydroxylation is 2. The molecule has 0 amide bonds. The standard InChI is InChI=1S/C20H25ClN2/c1-14-12-15(2)20(23-10-6-7-11-23)16(3)19(14)22-13-17-8-4-5-9-18(17)21/h4-5,8-9,12,22H,6-7,10-11,13H2,1-3H3. The zero-order chi connectivity index (χ0) is 16.4. The maximum atomic E-state index is 6.28. The van der Waals surface area contributed by atoms with E-state index in [1.54, 1.807) is 0 Å². The maximum Gasteiger partial charge on any atom is 0.0455 e. The number of anilines is 2. The van der Waals surface area contributed by atoms with Crippen LogP contribution in [0.2, 0.25) is 5.02 Å². The molecular formula is C20H25ClN2. The van der Waals surface area contributed by atoms with Gasteiger partial charge in [-0.1, -0.05) is 35.9 Å². The zero-order valence-electron chi connectivity index (χ0n) is 14.2. The molecule has 0 saturated carbocycles. The number of hydrogen-bond acceptors (Lipinski definition) is 2. The third-order valence-electron chi connectivity index (χ3n) is 4.77. The lowest BCUT2D eigenvalue weighted by Gasteiger charge is -2.26. The average molecular weight is 329 g/mol. The molecule has 1 heterocycles. The molecular weight excluding hydrogens is 304 g/mol. The number of rotatable bonds is 4. The second kappa shape index (κ2) is 6.84. The summed E-state index contributed by atoms with van der Waals surface area (Å²) in [6, 6.07) is 10.3. The van der Waals surface area contributed by atoms with Crippen LogP contribution in [0.3, 0.4) is 0 Å². The highest BCUT2D eigenvalue weighted by Crippen LogP contribution is 2.35. The molecule has 2 aromatic carbocycles. The van der Waals surface area contributed by atoms with E-state index in [9.17, 15) is 0 Å². The van der Waals surface area contributed by atoms with E-state index in [1.807, 2.05) is 18.2 Å². The molecule has 1 saturated heterocycles. The van der Waals surface area contributed by atoms with Crippen LogP contribution in [-0.4, -0.2) is 13.1 Å². The van der Waals surface area contributed by atoms with Gasteiger partial charge in [0.05, 0.1) is 0 Å². The van der Waals surface area contributed by atoms with Crippen LogP contribution in [0.15, 0.2) is 30.3 Å². The fraction of sp³-hybridized carbons (Fsp3) is 0.400. The van der Waals surface area contributed by atoms with Crippen LogP contribution in [0.5, 0.6) is 0 Å². The SMILES string of the molecule is Cc1cc(C)c(N2CCCC2)c(C)c1NCc1ccccc1Cl.